The van der Waals surface area contributed by atoms with Crippen LogP contribution >= 0.6 is 0 Å². The highest BCUT2D eigenvalue weighted by molar-refractivity contribution is 5.79. The summed E-state index contributed by atoms with van der Waals surface area (Å²) in [7, 11) is 0. The second-order valence-electron chi connectivity index (χ2n) is 5.24. The molecule has 0 unspecified atom stereocenters. The molecule has 2 aromatic rings. The van der Waals surface area contributed by atoms with Crippen LogP contribution in [0.1, 0.15) is 25.7 Å². The minimum absolute atomic E-state index is 0.774. The summed E-state index contributed by atoms with van der Waals surface area (Å²) in [6.45, 7) is 4.27. The molecule has 1 aliphatic heterocycles. The average Bonchev–Trinajstić information content (AvgIpc) is 2.74. The summed E-state index contributed by atoms with van der Waals surface area (Å²) in [5.41, 5.74) is 1.09. The second kappa shape index (κ2) is 6.11. The van der Waals surface area contributed by atoms with Crippen LogP contribution in [0.25, 0.3) is 10.9 Å². The lowest BCUT2D eigenvalue weighted by Crippen LogP contribution is -2.29. The largest absolute Gasteiger partial charge is 0.492 e. The van der Waals surface area contributed by atoms with E-state index < -0.39 is 0 Å². The van der Waals surface area contributed by atoms with Gasteiger partial charge in [-0.2, -0.15) is 0 Å². The first-order valence-corrected chi connectivity index (χ1v) is 7.26. The van der Waals surface area contributed by atoms with Crippen LogP contribution in [0.5, 0.6) is 5.75 Å². The molecule has 0 bridgehead atoms. The molecule has 0 amide bonds. The van der Waals surface area contributed by atoms with Gasteiger partial charge in [0.15, 0.2) is 0 Å². The number of H-pyrrole nitrogens is 1. The van der Waals surface area contributed by atoms with E-state index in [0.29, 0.717) is 0 Å². The Morgan fingerprint density at radius 3 is 2.84 bits per heavy atom. The number of benzene rings is 1. The molecule has 3 nitrogen and oxygen atoms in total. The first kappa shape index (κ1) is 12.5. The van der Waals surface area contributed by atoms with Gasteiger partial charge in [0.2, 0.25) is 0 Å². The van der Waals surface area contributed by atoms with Gasteiger partial charge in [0.05, 0.1) is 0 Å². The van der Waals surface area contributed by atoms with Gasteiger partial charge in [-0.15, -0.1) is 0 Å². The molecular formula is C16H21N2O. The van der Waals surface area contributed by atoms with Crippen molar-refractivity contribution in [3.05, 3.63) is 30.5 Å². The van der Waals surface area contributed by atoms with Crippen molar-refractivity contribution in [3.63, 3.8) is 0 Å². The Kier molecular flexibility index (Phi) is 4.04. The van der Waals surface area contributed by atoms with Gasteiger partial charge in [0.1, 0.15) is 12.4 Å². The van der Waals surface area contributed by atoms with E-state index in [4.69, 9.17) is 4.74 Å². The Balaban J connectivity index is 1.50. The SMILES string of the molecule is [c]1c[nH]c2cc(OCCN3CCCCCC3)ccc12. The Bertz CT molecular complexity index is 512. The molecule has 1 radical (unpaired) electrons. The molecule has 0 aliphatic carbocycles. The van der Waals surface area contributed by atoms with Crippen molar-refractivity contribution in [2.45, 2.75) is 25.7 Å². The number of nitrogens with one attached hydrogen (secondary N) is 1. The fourth-order valence-corrected chi connectivity index (χ4v) is 2.70. The smallest absolute Gasteiger partial charge is 0.121 e. The molecule has 1 aromatic heterocycles. The highest BCUT2D eigenvalue weighted by Gasteiger charge is 2.08. The quantitative estimate of drug-likeness (QED) is 0.911. The van der Waals surface area contributed by atoms with Gasteiger partial charge in [-0.05, 0) is 38.1 Å². The van der Waals surface area contributed by atoms with Crippen LogP contribution < -0.4 is 4.74 Å². The summed E-state index contributed by atoms with van der Waals surface area (Å²) in [6, 6.07) is 9.26. The van der Waals surface area contributed by atoms with Gasteiger partial charge in [0, 0.05) is 35.8 Å². The van der Waals surface area contributed by atoms with Crippen molar-refractivity contribution in [3.8, 4) is 5.75 Å². The van der Waals surface area contributed by atoms with Crippen molar-refractivity contribution < 1.29 is 4.74 Å². The predicted molar refractivity (Wildman–Crippen MR) is 77.5 cm³/mol. The summed E-state index contributed by atoms with van der Waals surface area (Å²) in [6.07, 6.45) is 7.29. The van der Waals surface area contributed by atoms with Crippen molar-refractivity contribution in [1.29, 1.82) is 0 Å². The van der Waals surface area contributed by atoms with Crippen molar-refractivity contribution in [2.24, 2.45) is 0 Å². The molecule has 0 spiro atoms. The lowest BCUT2D eigenvalue weighted by molar-refractivity contribution is 0.214. The normalized spacial score (nSPS) is 17.5. The molecule has 1 N–H and O–H groups in total. The number of aromatic nitrogens is 1. The van der Waals surface area contributed by atoms with Crippen LogP contribution in [-0.4, -0.2) is 36.1 Å². The predicted octanol–water partition coefficient (Wildman–Crippen LogP) is 3.22. The van der Waals surface area contributed by atoms with E-state index in [-0.39, 0.29) is 0 Å². The summed E-state index contributed by atoms with van der Waals surface area (Å²) in [5.74, 6) is 0.943. The molecule has 1 fully saturated rings. The summed E-state index contributed by atoms with van der Waals surface area (Å²) in [4.78, 5) is 5.68. The first-order valence-electron chi connectivity index (χ1n) is 7.26. The Morgan fingerprint density at radius 2 is 2.00 bits per heavy atom. The average molecular weight is 257 g/mol. The maximum absolute atomic E-state index is 5.85. The maximum Gasteiger partial charge on any atom is 0.121 e. The van der Waals surface area contributed by atoms with E-state index in [9.17, 15) is 0 Å². The molecule has 1 saturated heterocycles. The van der Waals surface area contributed by atoms with Crippen LogP contribution in [0, 0.1) is 6.07 Å². The zero-order valence-electron chi connectivity index (χ0n) is 11.3. The minimum atomic E-state index is 0.774. The number of fused-ring (bicyclic) bond motifs is 1. The molecule has 0 atom stereocenters. The van der Waals surface area contributed by atoms with Gasteiger partial charge >= 0.3 is 0 Å². The van der Waals surface area contributed by atoms with Gasteiger partial charge in [0.25, 0.3) is 0 Å². The molecule has 2 heterocycles. The van der Waals surface area contributed by atoms with Crippen molar-refractivity contribution >= 4 is 10.9 Å². The molecular weight excluding hydrogens is 236 g/mol. The van der Waals surface area contributed by atoms with E-state index in [0.717, 1.165) is 29.8 Å². The third kappa shape index (κ3) is 3.29. The molecule has 1 aromatic carbocycles. The lowest BCUT2D eigenvalue weighted by atomic mass is 10.2. The fourth-order valence-electron chi connectivity index (χ4n) is 2.70. The molecule has 3 rings (SSSR count). The zero-order chi connectivity index (χ0) is 12.9. The molecule has 3 heteroatoms. The molecule has 19 heavy (non-hydrogen) atoms. The number of hydrogen-bond acceptors (Lipinski definition) is 2. The maximum atomic E-state index is 5.85. The van der Waals surface area contributed by atoms with Crippen LogP contribution in [0.15, 0.2) is 24.4 Å². The highest BCUT2D eigenvalue weighted by Crippen LogP contribution is 2.19. The standard InChI is InChI=1S/C16H21N2O/c1-2-4-10-18(9-3-1)11-12-19-15-6-5-14-7-8-17-16(14)13-15/h5-6,8,13,17H,1-4,9-12H2. The van der Waals surface area contributed by atoms with Gasteiger partial charge < -0.3 is 9.72 Å². The fraction of sp³-hybridized carbons (Fsp3) is 0.500. The van der Waals surface area contributed by atoms with Gasteiger partial charge in [-0.1, -0.05) is 12.8 Å². The first-order chi connectivity index (χ1) is 9.42. The van der Waals surface area contributed by atoms with Crippen LogP contribution in [0.4, 0.5) is 0 Å². The second-order valence-corrected chi connectivity index (χ2v) is 5.24. The molecule has 0 saturated carbocycles. The monoisotopic (exact) mass is 257 g/mol. The minimum Gasteiger partial charge on any atom is -0.492 e. The van der Waals surface area contributed by atoms with Gasteiger partial charge in [-0.25, -0.2) is 0 Å². The van der Waals surface area contributed by atoms with Crippen LogP contribution in [0.3, 0.4) is 0 Å². The van der Waals surface area contributed by atoms with E-state index >= 15 is 0 Å². The van der Waals surface area contributed by atoms with Crippen LogP contribution in [0.2, 0.25) is 0 Å². The number of likely N-dealkylation sites (tertiary alicyclic amines) is 1. The van der Waals surface area contributed by atoms with E-state index in [1.807, 2.05) is 24.4 Å². The van der Waals surface area contributed by atoms with E-state index in [2.05, 4.69) is 16.0 Å². The highest BCUT2D eigenvalue weighted by atomic mass is 16.5. The number of nitrogens with zero attached hydrogens (tertiary/aromatic N) is 1. The Hall–Kier alpha value is -1.48. The number of rotatable bonds is 4. The van der Waals surface area contributed by atoms with E-state index in [1.165, 1.54) is 38.8 Å². The number of aromatic amines is 1. The van der Waals surface area contributed by atoms with Gasteiger partial charge in [-0.3, -0.25) is 4.90 Å². The third-order valence-corrected chi connectivity index (χ3v) is 3.82. The van der Waals surface area contributed by atoms with E-state index in [1.54, 1.807) is 0 Å². The Morgan fingerprint density at radius 1 is 1.16 bits per heavy atom. The summed E-state index contributed by atoms with van der Waals surface area (Å²) >= 11 is 0. The molecule has 101 valence electrons. The third-order valence-electron chi connectivity index (χ3n) is 3.82. The Labute approximate surface area is 114 Å². The summed E-state index contributed by atoms with van der Waals surface area (Å²) in [5, 5.41) is 1.11. The lowest BCUT2D eigenvalue weighted by Gasteiger charge is -2.19. The molecule has 1 aliphatic rings. The zero-order valence-corrected chi connectivity index (χ0v) is 11.3. The van der Waals surface area contributed by atoms with Crippen molar-refractivity contribution in [1.82, 2.24) is 9.88 Å². The summed E-state index contributed by atoms with van der Waals surface area (Å²) < 4.78 is 5.85. The number of ether oxygens (including phenoxy) is 1. The van der Waals surface area contributed by atoms with Crippen LogP contribution in [-0.2, 0) is 0 Å². The number of hydrogen-bond donors (Lipinski definition) is 1. The topological polar surface area (TPSA) is 28.3 Å². The van der Waals surface area contributed by atoms with Crippen molar-refractivity contribution in [2.75, 3.05) is 26.2 Å².